The van der Waals surface area contributed by atoms with Crippen LogP contribution in [0.15, 0.2) is 36.4 Å². The zero-order chi connectivity index (χ0) is 15.2. The number of rotatable bonds is 2. The van der Waals surface area contributed by atoms with Gasteiger partial charge in [-0.15, -0.1) is 5.53 Å². The SMILES string of the molecule is CN1C=C(Cc2cn3ccc(C(F)(F)F)cc3n2)N(Br)N1. The lowest BCUT2D eigenvalue weighted by molar-refractivity contribution is -0.137. The lowest BCUT2D eigenvalue weighted by Gasteiger charge is -2.14. The van der Waals surface area contributed by atoms with Crippen molar-refractivity contribution in [1.29, 1.82) is 0 Å². The number of fused-ring (bicyclic) bond motifs is 1. The number of imidazole rings is 1. The predicted molar refractivity (Wildman–Crippen MR) is 73.6 cm³/mol. The van der Waals surface area contributed by atoms with E-state index >= 15 is 0 Å². The molecule has 0 spiro atoms. The zero-order valence-electron chi connectivity index (χ0n) is 10.9. The second-order valence-corrected chi connectivity index (χ2v) is 5.41. The van der Waals surface area contributed by atoms with E-state index in [1.807, 2.05) is 13.2 Å². The molecule has 1 aliphatic rings. The number of aromatic nitrogens is 2. The molecule has 1 aliphatic heterocycles. The minimum absolute atomic E-state index is 0.279. The van der Waals surface area contributed by atoms with Crippen molar-refractivity contribution in [2.24, 2.45) is 0 Å². The molecule has 0 aliphatic carbocycles. The fraction of sp³-hybridized carbons (Fsp3) is 0.250. The van der Waals surface area contributed by atoms with E-state index in [0.29, 0.717) is 12.1 Å². The number of halogens is 4. The summed E-state index contributed by atoms with van der Waals surface area (Å²) in [6.45, 7) is 0. The maximum absolute atomic E-state index is 12.7. The number of pyridine rings is 1. The normalized spacial score (nSPS) is 16.0. The largest absolute Gasteiger partial charge is 0.416 e. The third-order valence-electron chi connectivity index (χ3n) is 3.04. The van der Waals surface area contributed by atoms with E-state index in [1.54, 1.807) is 19.6 Å². The Kier molecular flexibility index (Phi) is 3.33. The number of nitrogens with one attached hydrogen (secondary N) is 1. The first-order chi connectivity index (χ1) is 9.83. The van der Waals surface area contributed by atoms with Crippen LogP contribution in [0.3, 0.4) is 0 Å². The van der Waals surface area contributed by atoms with E-state index in [2.05, 4.69) is 26.7 Å². The van der Waals surface area contributed by atoms with E-state index in [4.69, 9.17) is 0 Å². The molecule has 0 amide bonds. The van der Waals surface area contributed by atoms with E-state index in [-0.39, 0.29) is 5.65 Å². The second-order valence-electron chi connectivity index (χ2n) is 4.70. The van der Waals surface area contributed by atoms with Crippen LogP contribution >= 0.6 is 16.1 Å². The Bertz CT molecular complexity index is 708. The van der Waals surface area contributed by atoms with Crippen LogP contribution in [-0.2, 0) is 12.6 Å². The van der Waals surface area contributed by atoms with Gasteiger partial charge in [0.25, 0.3) is 0 Å². The van der Waals surface area contributed by atoms with Gasteiger partial charge in [0.05, 0.1) is 33.1 Å². The van der Waals surface area contributed by atoms with Gasteiger partial charge >= 0.3 is 6.18 Å². The average Bonchev–Trinajstić information content (AvgIpc) is 2.90. The van der Waals surface area contributed by atoms with E-state index in [1.165, 1.54) is 6.20 Å². The highest BCUT2D eigenvalue weighted by atomic mass is 79.9. The van der Waals surface area contributed by atoms with Gasteiger partial charge in [0.15, 0.2) is 0 Å². The number of hydrogen-bond acceptors (Lipinski definition) is 4. The molecule has 9 heteroatoms. The summed E-state index contributed by atoms with van der Waals surface area (Å²) in [5.74, 6) is 0. The van der Waals surface area contributed by atoms with Crippen molar-refractivity contribution < 1.29 is 13.2 Å². The molecule has 0 radical (unpaired) electrons. The molecule has 0 saturated heterocycles. The number of alkyl halides is 3. The van der Waals surface area contributed by atoms with Crippen LogP contribution in [0, 0.1) is 0 Å². The minimum atomic E-state index is -4.36. The molecule has 2 aromatic heterocycles. The van der Waals surface area contributed by atoms with Gasteiger partial charge in [0.1, 0.15) is 5.65 Å². The summed E-state index contributed by atoms with van der Waals surface area (Å²) >= 11 is 3.31. The molecule has 21 heavy (non-hydrogen) atoms. The van der Waals surface area contributed by atoms with E-state index < -0.39 is 11.7 Å². The summed E-state index contributed by atoms with van der Waals surface area (Å²) in [6.07, 6.45) is 1.08. The van der Waals surface area contributed by atoms with Crippen LogP contribution in [0.4, 0.5) is 13.2 Å². The van der Waals surface area contributed by atoms with Crippen LogP contribution < -0.4 is 5.53 Å². The van der Waals surface area contributed by atoms with Gasteiger partial charge in [-0.05, 0) is 12.1 Å². The molecular weight excluding hydrogens is 351 g/mol. The number of hydrogen-bond donors (Lipinski definition) is 1. The summed E-state index contributed by atoms with van der Waals surface area (Å²) in [7, 11) is 1.83. The van der Waals surface area contributed by atoms with Crippen molar-refractivity contribution in [3.8, 4) is 0 Å². The number of hydrazine groups is 2. The molecule has 0 atom stereocenters. The molecule has 3 heterocycles. The molecule has 112 valence electrons. The fourth-order valence-corrected chi connectivity index (χ4v) is 2.57. The molecule has 1 N–H and O–H groups in total. The first kappa shape index (κ1) is 14.2. The molecule has 0 saturated carbocycles. The molecule has 0 fully saturated rings. The van der Waals surface area contributed by atoms with Crippen LogP contribution in [-0.4, -0.2) is 25.5 Å². The van der Waals surface area contributed by atoms with Crippen LogP contribution in [0.2, 0.25) is 0 Å². The van der Waals surface area contributed by atoms with Crippen molar-refractivity contribution in [1.82, 2.24) is 24.0 Å². The van der Waals surface area contributed by atoms with Gasteiger partial charge in [-0.1, -0.05) is 0 Å². The molecule has 0 aromatic carbocycles. The average molecular weight is 362 g/mol. The van der Waals surface area contributed by atoms with E-state index in [0.717, 1.165) is 17.8 Å². The standard InChI is InChI=1S/C12H11BrF3N5/c1-19-7-10(21(13)18-19)5-9-6-20-3-2-8(12(14,15)16)4-11(20)17-9/h2-4,6-7,18H,5H2,1H3. The predicted octanol–water partition coefficient (Wildman–Crippen LogP) is 2.71. The van der Waals surface area contributed by atoms with Crippen molar-refractivity contribution >= 4 is 21.8 Å². The molecular formula is C12H11BrF3N5. The lowest BCUT2D eigenvalue weighted by Crippen LogP contribution is -2.31. The summed E-state index contributed by atoms with van der Waals surface area (Å²) < 4.78 is 41.2. The maximum atomic E-state index is 12.7. The van der Waals surface area contributed by atoms with Gasteiger partial charge in [-0.25, -0.2) is 9.02 Å². The van der Waals surface area contributed by atoms with Crippen LogP contribution in [0.5, 0.6) is 0 Å². The smallest absolute Gasteiger partial charge is 0.307 e. The minimum Gasteiger partial charge on any atom is -0.307 e. The number of nitrogens with zero attached hydrogens (tertiary/aromatic N) is 4. The summed E-state index contributed by atoms with van der Waals surface area (Å²) in [5, 5.41) is 1.75. The fourth-order valence-electron chi connectivity index (χ4n) is 2.10. The van der Waals surface area contributed by atoms with Crippen molar-refractivity contribution in [3.05, 3.63) is 47.7 Å². The van der Waals surface area contributed by atoms with Gasteiger partial charge in [-0.3, -0.25) is 5.01 Å². The zero-order valence-corrected chi connectivity index (χ0v) is 12.5. The highest BCUT2D eigenvalue weighted by Crippen LogP contribution is 2.29. The maximum Gasteiger partial charge on any atom is 0.416 e. The van der Waals surface area contributed by atoms with Gasteiger partial charge in [0, 0.05) is 32.1 Å². The monoisotopic (exact) mass is 361 g/mol. The molecule has 3 rings (SSSR count). The van der Waals surface area contributed by atoms with Crippen molar-refractivity contribution in [3.63, 3.8) is 0 Å². The highest BCUT2D eigenvalue weighted by Gasteiger charge is 2.30. The van der Waals surface area contributed by atoms with Gasteiger partial charge in [0.2, 0.25) is 0 Å². The van der Waals surface area contributed by atoms with Crippen molar-refractivity contribution in [2.45, 2.75) is 12.6 Å². The third-order valence-corrected chi connectivity index (χ3v) is 3.65. The first-order valence-corrected chi connectivity index (χ1v) is 6.74. The van der Waals surface area contributed by atoms with E-state index in [9.17, 15) is 13.2 Å². The first-order valence-electron chi connectivity index (χ1n) is 6.03. The summed E-state index contributed by atoms with van der Waals surface area (Å²) in [6, 6.07) is 2.09. The molecule has 0 bridgehead atoms. The van der Waals surface area contributed by atoms with Gasteiger partial charge in [-0.2, -0.15) is 13.2 Å². The third kappa shape index (κ3) is 2.84. The highest BCUT2D eigenvalue weighted by molar-refractivity contribution is 9.07. The molecule has 2 aromatic rings. The van der Waals surface area contributed by atoms with Gasteiger partial charge < -0.3 is 4.40 Å². The summed E-state index contributed by atoms with van der Waals surface area (Å²) in [4.78, 5) is 4.24. The Morgan fingerprint density at radius 1 is 1.38 bits per heavy atom. The Morgan fingerprint density at radius 2 is 2.14 bits per heavy atom. The second kappa shape index (κ2) is 4.92. The topological polar surface area (TPSA) is 35.8 Å². The number of allylic oxidation sites excluding steroid dienone is 1. The quantitative estimate of drug-likeness (QED) is 0.834. The van der Waals surface area contributed by atoms with Crippen LogP contribution in [0.25, 0.3) is 5.65 Å². The molecule has 0 unspecified atom stereocenters. The lowest BCUT2D eigenvalue weighted by atomic mass is 10.2. The Balaban J connectivity index is 1.89. The van der Waals surface area contributed by atoms with Crippen LogP contribution in [0.1, 0.15) is 11.3 Å². The summed E-state index contributed by atoms with van der Waals surface area (Å²) in [5.41, 5.74) is 4.12. The Hall–Kier alpha value is -1.74. The molecule has 5 nitrogen and oxygen atoms in total. The Labute approximate surface area is 126 Å². The Morgan fingerprint density at radius 3 is 2.76 bits per heavy atom. The van der Waals surface area contributed by atoms with Crippen molar-refractivity contribution in [2.75, 3.05) is 7.05 Å².